The number of nitrogen functional groups attached to an aromatic ring is 1. The lowest BCUT2D eigenvalue weighted by Crippen LogP contribution is -2.46. The Morgan fingerprint density at radius 2 is 2.50 bits per heavy atom. The van der Waals surface area contributed by atoms with E-state index < -0.39 is 30.2 Å². The topological polar surface area (TPSA) is 159 Å². The maximum Gasteiger partial charge on any atom is 0.351 e. The summed E-state index contributed by atoms with van der Waals surface area (Å²) in [4.78, 5) is 17.8. The van der Waals surface area contributed by atoms with Gasteiger partial charge in [-0.3, -0.25) is 4.57 Å². The molecule has 108 valence electrons. The van der Waals surface area contributed by atoms with Gasteiger partial charge in [0.2, 0.25) is 0 Å². The summed E-state index contributed by atoms with van der Waals surface area (Å²) in [5, 5.41) is 22.7. The van der Waals surface area contributed by atoms with E-state index >= 15 is 0 Å². The minimum Gasteiger partial charge on any atom is -0.393 e. The number of nitrogens with two attached hydrogens (primary N) is 1. The fourth-order valence-electron chi connectivity index (χ4n) is 2.11. The van der Waals surface area contributed by atoms with Crippen LogP contribution in [0.15, 0.2) is 22.2 Å². The SMILES string of the molecule is [N-]=[N+]=NC[C@]1(CO)O[C@@H](n2ccc(N)nc2=O)CC1O. The fraction of sp³-hybridized carbons (Fsp3) is 0.600. The molecule has 1 aliphatic rings. The van der Waals surface area contributed by atoms with Gasteiger partial charge in [0.05, 0.1) is 19.3 Å². The Balaban J connectivity index is 2.29. The van der Waals surface area contributed by atoms with Crippen molar-refractivity contribution in [3.8, 4) is 0 Å². The fourth-order valence-corrected chi connectivity index (χ4v) is 2.11. The average Bonchev–Trinajstić information content (AvgIpc) is 2.74. The molecule has 10 nitrogen and oxygen atoms in total. The molecule has 0 radical (unpaired) electrons. The smallest absolute Gasteiger partial charge is 0.351 e. The molecule has 4 N–H and O–H groups in total. The van der Waals surface area contributed by atoms with Crippen molar-refractivity contribution in [2.24, 2.45) is 5.11 Å². The number of aliphatic hydroxyl groups is 2. The van der Waals surface area contributed by atoms with Crippen molar-refractivity contribution in [3.05, 3.63) is 33.2 Å². The summed E-state index contributed by atoms with van der Waals surface area (Å²) < 4.78 is 6.70. The Kier molecular flexibility index (Phi) is 3.91. The Labute approximate surface area is 113 Å². The molecule has 1 saturated heterocycles. The van der Waals surface area contributed by atoms with Crippen LogP contribution in [0.5, 0.6) is 0 Å². The van der Waals surface area contributed by atoms with Gasteiger partial charge in [-0.25, -0.2) is 4.79 Å². The molecule has 2 heterocycles. The van der Waals surface area contributed by atoms with Gasteiger partial charge < -0.3 is 20.7 Å². The number of aromatic nitrogens is 2. The molecule has 1 fully saturated rings. The van der Waals surface area contributed by atoms with Crippen LogP contribution in [0.2, 0.25) is 0 Å². The average molecular weight is 282 g/mol. The van der Waals surface area contributed by atoms with Crippen molar-refractivity contribution in [2.75, 3.05) is 18.9 Å². The van der Waals surface area contributed by atoms with Crippen molar-refractivity contribution in [3.63, 3.8) is 0 Å². The van der Waals surface area contributed by atoms with E-state index in [1.54, 1.807) is 0 Å². The zero-order valence-corrected chi connectivity index (χ0v) is 10.5. The van der Waals surface area contributed by atoms with Gasteiger partial charge in [0, 0.05) is 17.5 Å². The molecule has 20 heavy (non-hydrogen) atoms. The number of hydrogen-bond acceptors (Lipinski definition) is 7. The first-order valence-corrected chi connectivity index (χ1v) is 5.84. The number of hydrogen-bond donors (Lipinski definition) is 3. The molecule has 0 amide bonds. The Morgan fingerprint density at radius 1 is 1.75 bits per heavy atom. The molecule has 1 aromatic rings. The highest BCUT2D eigenvalue weighted by molar-refractivity contribution is 5.23. The standard InChI is InChI=1S/C10H14N6O4/c11-7-1-2-16(9(19)14-7)8-3-6(18)10(5-17,20-8)4-13-15-12/h1-2,6,8,17-18H,3-5H2,(H2,11,14,19)/t6?,8-,10-/m1/s1. The monoisotopic (exact) mass is 282 g/mol. The molecule has 0 saturated carbocycles. The Morgan fingerprint density at radius 3 is 3.10 bits per heavy atom. The summed E-state index contributed by atoms with van der Waals surface area (Å²) in [6.45, 7) is -0.782. The highest BCUT2D eigenvalue weighted by Crippen LogP contribution is 2.36. The second-order valence-corrected chi connectivity index (χ2v) is 4.48. The molecule has 2 rings (SSSR count). The zero-order chi connectivity index (χ0) is 14.8. The molecule has 1 aromatic heterocycles. The third-order valence-electron chi connectivity index (χ3n) is 3.23. The van der Waals surface area contributed by atoms with E-state index in [2.05, 4.69) is 15.0 Å². The van der Waals surface area contributed by atoms with Gasteiger partial charge in [0.25, 0.3) is 0 Å². The van der Waals surface area contributed by atoms with Crippen LogP contribution in [-0.4, -0.2) is 44.6 Å². The third kappa shape index (κ3) is 2.45. The van der Waals surface area contributed by atoms with E-state index in [1.807, 2.05) is 0 Å². The van der Waals surface area contributed by atoms with E-state index in [-0.39, 0.29) is 18.8 Å². The molecule has 0 aliphatic carbocycles. The molecule has 0 spiro atoms. The lowest BCUT2D eigenvalue weighted by atomic mass is 9.98. The third-order valence-corrected chi connectivity index (χ3v) is 3.23. The largest absolute Gasteiger partial charge is 0.393 e. The second kappa shape index (κ2) is 5.47. The molecule has 1 aliphatic heterocycles. The summed E-state index contributed by atoms with van der Waals surface area (Å²) in [5.74, 6) is 0.0762. The number of nitrogens with zero attached hydrogens (tertiary/aromatic N) is 5. The van der Waals surface area contributed by atoms with Crippen molar-refractivity contribution in [2.45, 2.75) is 24.4 Å². The van der Waals surface area contributed by atoms with Crippen LogP contribution in [-0.2, 0) is 4.74 Å². The van der Waals surface area contributed by atoms with Crippen LogP contribution in [0.1, 0.15) is 12.6 Å². The van der Waals surface area contributed by atoms with E-state index in [9.17, 15) is 15.0 Å². The molecular weight excluding hydrogens is 268 g/mol. The number of rotatable bonds is 4. The molecule has 1 unspecified atom stereocenters. The van der Waals surface area contributed by atoms with E-state index in [0.717, 1.165) is 4.57 Å². The van der Waals surface area contributed by atoms with E-state index in [4.69, 9.17) is 16.0 Å². The highest BCUT2D eigenvalue weighted by atomic mass is 16.6. The Hall–Kier alpha value is -2.13. The van der Waals surface area contributed by atoms with Crippen LogP contribution < -0.4 is 11.4 Å². The molecular formula is C10H14N6O4. The normalized spacial score (nSPS) is 29.1. The Bertz CT molecular complexity index is 598. The van der Waals surface area contributed by atoms with Crippen molar-refractivity contribution in [1.82, 2.24) is 9.55 Å². The number of anilines is 1. The minimum absolute atomic E-state index is 0.0625. The summed E-state index contributed by atoms with van der Waals surface area (Å²) in [5.41, 5.74) is 11.7. The molecule has 0 aromatic carbocycles. The van der Waals surface area contributed by atoms with Crippen molar-refractivity contribution >= 4 is 5.82 Å². The number of azide groups is 1. The van der Waals surface area contributed by atoms with Gasteiger partial charge in [0.1, 0.15) is 17.6 Å². The highest BCUT2D eigenvalue weighted by Gasteiger charge is 2.48. The van der Waals surface area contributed by atoms with Crippen molar-refractivity contribution in [1.29, 1.82) is 0 Å². The quantitative estimate of drug-likeness (QED) is 0.370. The van der Waals surface area contributed by atoms with Gasteiger partial charge in [-0.1, -0.05) is 5.11 Å². The first-order chi connectivity index (χ1) is 9.52. The maximum absolute atomic E-state index is 11.7. The van der Waals surface area contributed by atoms with Crippen LogP contribution in [0, 0.1) is 0 Å². The van der Waals surface area contributed by atoms with E-state index in [1.165, 1.54) is 12.3 Å². The summed E-state index contributed by atoms with van der Waals surface area (Å²) in [6, 6.07) is 1.42. The summed E-state index contributed by atoms with van der Waals surface area (Å²) in [6.07, 6.45) is -0.435. The van der Waals surface area contributed by atoms with Gasteiger partial charge in [-0.05, 0) is 11.6 Å². The van der Waals surface area contributed by atoms with Crippen LogP contribution in [0.3, 0.4) is 0 Å². The first-order valence-electron chi connectivity index (χ1n) is 5.84. The van der Waals surface area contributed by atoms with Crippen molar-refractivity contribution < 1.29 is 14.9 Å². The number of ether oxygens (including phenoxy) is 1. The second-order valence-electron chi connectivity index (χ2n) is 4.48. The van der Waals surface area contributed by atoms with Crippen LogP contribution in [0.25, 0.3) is 10.4 Å². The summed E-state index contributed by atoms with van der Waals surface area (Å²) >= 11 is 0. The maximum atomic E-state index is 11.7. The van der Waals surface area contributed by atoms with Crippen LogP contribution in [0.4, 0.5) is 5.82 Å². The first kappa shape index (κ1) is 14.3. The predicted molar refractivity (Wildman–Crippen MR) is 67.5 cm³/mol. The zero-order valence-electron chi connectivity index (χ0n) is 10.5. The predicted octanol–water partition coefficient (Wildman–Crippen LogP) is -0.853. The lowest BCUT2D eigenvalue weighted by molar-refractivity contribution is -0.122. The van der Waals surface area contributed by atoms with Gasteiger partial charge >= 0.3 is 5.69 Å². The minimum atomic E-state index is -1.42. The lowest BCUT2D eigenvalue weighted by Gasteiger charge is -2.28. The van der Waals surface area contributed by atoms with Gasteiger partial charge in [0.15, 0.2) is 0 Å². The molecule has 10 heteroatoms. The molecule has 0 bridgehead atoms. The number of aliphatic hydroxyl groups excluding tert-OH is 2. The van der Waals surface area contributed by atoms with E-state index in [0.29, 0.717) is 0 Å². The summed E-state index contributed by atoms with van der Waals surface area (Å²) in [7, 11) is 0. The van der Waals surface area contributed by atoms with Gasteiger partial charge in [-0.2, -0.15) is 4.98 Å². The molecule has 3 atom stereocenters. The van der Waals surface area contributed by atoms with Gasteiger partial charge in [-0.15, -0.1) is 0 Å². The van der Waals surface area contributed by atoms with Crippen LogP contribution >= 0.6 is 0 Å².